The smallest absolute Gasteiger partial charge is 0.343 e. The van der Waals surface area contributed by atoms with Gasteiger partial charge in [0.1, 0.15) is 12.3 Å². The number of nitrogens with one attached hydrogen (secondary N) is 1. The molecule has 27 heavy (non-hydrogen) atoms. The van der Waals surface area contributed by atoms with Crippen LogP contribution in [0.5, 0.6) is 0 Å². The SMILES string of the molecule is CCOC(=O)c1cnn(-c2ccccc2)c1NC(=O)c1ccn(COC)n1. The molecule has 0 atom stereocenters. The van der Waals surface area contributed by atoms with Gasteiger partial charge in [0.15, 0.2) is 11.5 Å². The van der Waals surface area contributed by atoms with Gasteiger partial charge in [-0.05, 0) is 25.1 Å². The van der Waals surface area contributed by atoms with Crippen LogP contribution in [0.1, 0.15) is 27.8 Å². The largest absolute Gasteiger partial charge is 0.462 e. The Morgan fingerprint density at radius 2 is 1.96 bits per heavy atom. The van der Waals surface area contributed by atoms with Gasteiger partial charge in [-0.15, -0.1) is 0 Å². The maximum Gasteiger partial charge on any atom is 0.343 e. The molecule has 1 N–H and O–H groups in total. The Hall–Kier alpha value is -3.46. The molecule has 0 spiro atoms. The molecule has 0 unspecified atom stereocenters. The van der Waals surface area contributed by atoms with Crippen molar-refractivity contribution in [3.8, 4) is 5.69 Å². The molecule has 9 heteroatoms. The van der Waals surface area contributed by atoms with Crippen LogP contribution in [0.2, 0.25) is 0 Å². The highest BCUT2D eigenvalue weighted by Gasteiger charge is 2.22. The molecule has 2 aromatic heterocycles. The molecule has 0 fully saturated rings. The molecule has 3 rings (SSSR count). The molecule has 1 amide bonds. The number of ether oxygens (including phenoxy) is 2. The van der Waals surface area contributed by atoms with Crippen LogP contribution in [0.15, 0.2) is 48.8 Å². The first kappa shape index (κ1) is 18.3. The number of hydrogen-bond donors (Lipinski definition) is 1. The number of esters is 1. The van der Waals surface area contributed by atoms with Crippen molar-refractivity contribution in [1.29, 1.82) is 0 Å². The third kappa shape index (κ3) is 4.04. The zero-order valence-corrected chi connectivity index (χ0v) is 15.0. The topological polar surface area (TPSA) is 100 Å². The average Bonchev–Trinajstić information content (AvgIpc) is 3.30. The summed E-state index contributed by atoms with van der Waals surface area (Å²) in [5.41, 5.74) is 1.03. The molecular formula is C18H19N5O4. The predicted molar refractivity (Wildman–Crippen MR) is 96.7 cm³/mol. The summed E-state index contributed by atoms with van der Waals surface area (Å²) in [6, 6.07) is 10.7. The van der Waals surface area contributed by atoms with Gasteiger partial charge in [0, 0.05) is 13.3 Å². The summed E-state index contributed by atoms with van der Waals surface area (Å²) in [4.78, 5) is 24.9. The molecule has 2 heterocycles. The lowest BCUT2D eigenvalue weighted by Crippen LogP contribution is -2.19. The van der Waals surface area contributed by atoms with Crippen molar-refractivity contribution in [2.75, 3.05) is 19.0 Å². The minimum Gasteiger partial charge on any atom is -0.462 e. The van der Waals surface area contributed by atoms with E-state index < -0.39 is 11.9 Å². The number of methoxy groups -OCH3 is 1. The Labute approximate surface area is 155 Å². The van der Waals surface area contributed by atoms with Gasteiger partial charge in [0.25, 0.3) is 5.91 Å². The van der Waals surface area contributed by atoms with Crippen molar-refractivity contribution in [3.05, 3.63) is 60.0 Å². The lowest BCUT2D eigenvalue weighted by Gasteiger charge is -2.10. The Bertz CT molecular complexity index is 932. The molecule has 1 aromatic carbocycles. The standard InChI is InChI=1S/C18H19N5O4/c1-3-27-18(25)14-11-19-23(13-7-5-4-6-8-13)16(14)20-17(24)15-9-10-22(21-15)12-26-2/h4-11H,3,12H2,1-2H3,(H,20,24). The normalized spacial score (nSPS) is 10.6. The molecule has 140 valence electrons. The van der Waals surface area contributed by atoms with E-state index in [1.54, 1.807) is 19.2 Å². The number of carbonyl (C=O) groups is 2. The number of aromatic nitrogens is 4. The summed E-state index contributed by atoms with van der Waals surface area (Å²) in [7, 11) is 1.53. The third-order valence-electron chi connectivity index (χ3n) is 3.63. The van der Waals surface area contributed by atoms with Crippen LogP contribution in [-0.2, 0) is 16.2 Å². The van der Waals surface area contributed by atoms with Gasteiger partial charge >= 0.3 is 5.97 Å². The maximum atomic E-state index is 12.6. The Morgan fingerprint density at radius 3 is 2.67 bits per heavy atom. The summed E-state index contributed by atoms with van der Waals surface area (Å²) >= 11 is 0. The van der Waals surface area contributed by atoms with E-state index in [-0.39, 0.29) is 30.4 Å². The van der Waals surface area contributed by atoms with Crippen LogP contribution >= 0.6 is 0 Å². The van der Waals surface area contributed by atoms with Gasteiger partial charge in [0.05, 0.1) is 18.5 Å². The van der Waals surface area contributed by atoms with E-state index in [1.807, 2.05) is 30.3 Å². The van der Waals surface area contributed by atoms with Crippen molar-refractivity contribution in [1.82, 2.24) is 19.6 Å². The molecular weight excluding hydrogens is 350 g/mol. The van der Waals surface area contributed by atoms with Crippen LogP contribution in [0.3, 0.4) is 0 Å². The van der Waals surface area contributed by atoms with Crippen molar-refractivity contribution in [2.45, 2.75) is 13.7 Å². The molecule has 0 radical (unpaired) electrons. The summed E-state index contributed by atoms with van der Waals surface area (Å²) < 4.78 is 13.0. The summed E-state index contributed by atoms with van der Waals surface area (Å²) in [6.45, 7) is 2.15. The number of anilines is 1. The van der Waals surface area contributed by atoms with Gasteiger partial charge in [0.2, 0.25) is 0 Å². The van der Waals surface area contributed by atoms with Gasteiger partial charge in [-0.3, -0.25) is 4.79 Å². The Kier molecular flexibility index (Phi) is 5.62. The molecule has 0 aliphatic rings. The van der Waals surface area contributed by atoms with Gasteiger partial charge in [-0.25, -0.2) is 14.2 Å². The third-order valence-corrected chi connectivity index (χ3v) is 3.63. The van der Waals surface area contributed by atoms with Gasteiger partial charge in [-0.2, -0.15) is 10.2 Å². The summed E-state index contributed by atoms with van der Waals surface area (Å²) in [6.07, 6.45) is 2.99. The van der Waals surface area contributed by atoms with Crippen molar-refractivity contribution in [2.24, 2.45) is 0 Å². The molecule has 0 saturated carbocycles. The van der Waals surface area contributed by atoms with Crippen LogP contribution in [-0.4, -0.2) is 45.2 Å². The average molecular weight is 369 g/mol. The van der Waals surface area contributed by atoms with E-state index in [0.29, 0.717) is 5.69 Å². The number of hydrogen-bond acceptors (Lipinski definition) is 6. The minimum absolute atomic E-state index is 0.158. The van der Waals surface area contributed by atoms with Gasteiger partial charge < -0.3 is 14.8 Å². The second-order valence-corrected chi connectivity index (χ2v) is 5.49. The van der Waals surface area contributed by atoms with E-state index in [4.69, 9.17) is 9.47 Å². The van der Waals surface area contributed by atoms with E-state index in [2.05, 4.69) is 15.5 Å². The predicted octanol–water partition coefficient (Wildman–Crippen LogP) is 2.10. The summed E-state index contributed by atoms with van der Waals surface area (Å²) in [5, 5.41) is 11.1. The monoisotopic (exact) mass is 369 g/mol. The van der Waals surface area contributed by atoms with Crippen LogP contribution in [0.4, 0.5) is 5.82 Å². The molecule has 0 bridgehead atoms. The van der Waals surface area contributed by atoms with E-state index in [9.17, 15) is 9.59 Å². The number of para-hydroxylation sites is 1. The minimum atomic E-state index is -0.570. The lowest BCUT2D eigenvalue weighted by atomic mass is 10.3. The highest BCUT2D eigenvalue weighted by Crippen LogP contribution is 2.22. The van der Waals surface area contributed by atoms with E-state index in [1.165, 1.54) is 22.7 Å². The zero-order chi connectivity index (χ0) is 19.2. The quantitative estimate of drug-likeness (QED) is 0.640. The number of amides is 1. The van der Waals surface area contributed by atoms with Crippen molar-refractivity contribution < 1.29 is 19.1 Å². The lowest BCUT2D eigenvalue weighted by molar-refractivity contribution is 0.0527. The number of rotatable bonds is 7. The van der Waals surface area contributed by atoms with Gasteiger partial charge in [-0.1, -0.05) is 18.2 Å². The van der Waals surface area contributed by atoms with Crippen LogP contribution < -0.4 is 5.32 Å². The Morgan fingerprint density at radius 1 is 1.19 bits per heavy atom. The maximum absolute atomic E-state index is 12.6. The second kappa shape index (κ2) is 8.28. The fourth-order valence-corrected chi connectivity index (χ4v) is 2.45. The molecule has 3 aromatic rings. The highest BCUT2D eigenvalue weighted by atomic mass is 16.5. The van der Waals surface area contributed by atoms with Crippen LogP contribution in [0, 0.1) is 0 Å². The number of carbonyl (C=O) groups excluding carboxylic acids is 2. The van der Waals surface area contributed by atoms with Crippen LogP contribution in [0.25, 0.3) is 5.69 Å². The number of nitrogens with zero attached hydrogens (tertiary/aromatic N) is 4. The van der Waals surface area contributed by atoms with E-state index in [0.717, 1.165) is 0 Å². The molecule has 0 aliphatic heterocycles. The summed E-state index contributed by atoms with van der Waals surface area (Å²) in [5.74, 6) is -0.834. The zero-order valence-electron chi connectivity index (χ0n) is 15.0. The fourth-order valence-electron chi connectivity index (χ4n) is 2.45. The molecule has 0 saturated heterocycles. The van der Waals surface area contributed by atoms with E-state index >= 15 is 0 Å². The fraction of sp³-hybridized carbons (Fsp3) is 0.222. The first-order valence-electron chi connectivity index (χ1n) is 8.28. The first-order chi connectivity index (χ1) is 13.1. The second-order valence-electron chi connectivity index (χ2n) is 5.49. The Balaban J connectivity index is 1.94. The van der Waals surface area contributed by atoms with Crippen molar-refractivity contribution >= 4 is 17.7 Å². The number of benzene rings is 1. The molecule has 9 nitrogen and oxygen atoms in total. The molecule has 0 aliphatic carbocycles. The van der Waals surface area contributed by atoms with Crippen molar-refractivity contribution in [3.63, 3.8) is 0 Å². The first-order valence-corrected chi connectivity index (χ1v) is 8.28. The highest BCUT2D eigenvalue weighted by molar-refractivity contribution is 6.06.